The van der Waals surface area contributed by atoms with Gasteiger partial charge in [-0.2, -0.15) is 9.78 Å². The first-order chi connectivity index (χ1) is 18.4. The minimum absolute atomic E-state index is 0.188. The molecule has 10 heteroatoms. The SMILES string of the molecule is Cc1cc(-n2ncn(Cc3c(F)cccc3F)c2=O)ccc1Oc1ccnc(N2CC3(CCOCC3)C2)c1. The summed E-state index contributed by atoms with van der Waals surface area (Å²) >= 11 is 0. The largest absolute Gasteiger partial charge is 0.457 e. The minimum Gasteiger partial charge on any atom is -0.457 e. The molecule has 0 saturated carbocycles. The van der Waals surface area contributed by atoms with Crippen molar-refractivity contribution in [1.29, 1.82) is 0 Å². The van der Waals surface area contributed by atoms with E-state index >= 15 is 0 Å². The molecule has 38 heavy (non-hydrogen) atoms. The van der Waals surface area contributed by atoms with Gasteiger partial charge in [0.05, 0.1) is 12.2 Å². The van der Waals surface area contributed by atoms with E-state index in [9.17, 15) is 13.6 Å². The maximum atomic E-state index is 14.0. The lowest BCUT2D eigenvalue weighted by Gasteiger charge is -2.52. The summed E-state index contributed by atoms with van der Waals surface area (Å²) in [6.45, 7) is 5.24. The van der Waals surface area contributed by atoms with Gasteiger partial charge in [-0.3, -0.25) is 4.57 Å². The minimum atomic E-state index is -0.710. The fourth-order valence-electron chi connectivity index (χ4n) is 5.16. The van der Waals surface area contributed by atoms with Crippen molar-refractivity contribution in [1.82, 2.24) is 19.3 Å². The molecular weight excluding hydrogens is 492 g/mol. The smallest absolute Gasteiger partial charge is 0.350 e. The zero-order chi connectivity index (χ0) is 26.3. The van der Waals surface area contributed by atoms with Crippen molar-refractivity contribution in [3.05, 3.63) is 94.3 Å². The summed E-state index contributed by atoms with van der Waals surface area (Å²) in [6, 6.07) is 12.6. The van der Waals surface area contributed by atoms with Gasteiger partial charge in [-0.15, -0.1) is 0 Å². The van der Waals surface area contributed by atoms with E-state index in [2.05, 4.69) is 15.0 Å². The number of nitrogens with zero attached hydrogens (tertiary/aromatic N) is 5. The molecule has 2 aromatic carbocycles. The van der Waals surface area contributed by atoms with Gasteiger partial charge in [0.15, 0.2) is 0 Å². The van der Waals surface area contributed by atoms with E-state index in [1.165, 1.54) is 21.6 Å². The first-order valence-corrected chi connectivity index (χ1v) is 12.6. The van der Waals surface area contributed by atoms with E-state index in [0.717, 1.165) is 62.7 Å². The Hall–Kier alpha value is -4.05. The Balaban J connectivity index is 1.17. The van der Waals surface area contributed by atoms with Crippen molar-refractivity contribution >= 4 is 5.82 Å². The number of rotatable bonds is 6. The maximum absolute atomic E-state index is 14.0. The molecule has 0 N–H and O–H groups in total. The van der Waals surface area contributed by atoms with Crippen LogP contribution in [-0.4, -0.2) is 45.6 Å². The predicted molar refractivity (Wildman–Crippen MR) is 137 cm³/mol. The normalized spacial score (nSPS) is 16.4. The molecule has 4 aromatic rings. The number of aryl methyl sites for hydroxylation is 1. The third-order valence-electron chi connectivity index (χ3n) is 7.40. The number of aromatic nitrogens is 4. The standard InChI is InChI=1S/C28H27F2N5O3/c1-19-13-20(35-27(36)33(18-32-35)15-22-23(29)3-2-4-24(22)30)5-6-25(19)38-21-7-10-31-26(14-21)34-16-28(17-34)8-11-37-12-9-28/h2-7,10,13-14,18H,8-9,11-12,15-17H2,1H3. The first kappa shape index (κ1) is 24.3. The average Bonchev–Trinajstić information content (AvgIpc) is 3.26. The molecule has 0 radical (unpaired) electrons. The van der Waals surface area contributed by atoms with Crippen LogP contribution in [-0.2, 0) is 11.3 Å². The molecule has 0 bridgehead atoms. The fraction of sp³-hybridized carbons (Fsp3) is 0.321. The van der Waals surface area contributed by atoms with E-state index in [-0.39, 0.29) is 12.1 Å². The zero-order valence-corrected chi connectivity index (χ0v) is 20.9. The Bertz CT molecular complexity index is 1520. The Morgan fingerprint density at radius 2 is 1.82 bits per heavy atom. The van der Waals surface area contributed by atoms with Gasteiger partial charge in [-0.05, 0) is 61.7 Å². The highest BCUT2D eigenvalue weighted by molar-refractivity contribution is 5.50. The van der Waals surface area contributed by atoms with E-state index in [4.69, 9.17) is 9.47 Å². The molecule has 2 aliphatic heterocycles. The molecule has 6 rings (SSSR count). The first-order valence-electron chi connectivity index (χ1n) is 12.6. The van der Waals surface area contributed by atoms with Gasteiger partial charge in [-0.25, -0.2) is 18.6 Å². The molecule has 2 fully saturated rings. The summed E-state index contributed by atoms with van der Waals surface area (Å²) in [4.78, 5) is 19.7. The number of hydrogen-bond acceptors (Lipinski definition) is 6. The van der Waals surface area contributed by atoms with Gasteiger partial charge in [0.2, 0.25) is 0 Å². The summed E-state index contributed by atoms with van der Waals surface area (Å²) in [6.07, 6.45) is 5.19. The third kappa shape index (κ3) is 4.56. The van der Waals surface area contributed by atoms with Crippen LogP contribution in [0, 0.1) is 24.0 Å². The number of ether oxygens (including phenoxy) is 2. The molecule has 8 nitrogen and oxygen atoms in total. The van der Waals surface area contributed by atoms with Gasteiger partial charge in [0, 0.05) is 49.5 Å². The quantitative estimate of drug-likeness (QED) is 0.374. The molecule has 2 saturated heterocycles. The highest BCUT2D eigenvalue weighted by Gasteiger charge is 2.44. The number of halogens is 2. The summed E-state index contributed by atoms with van der Waals surface area (Å²) in [5.41, 5.74) is 0.971. The van der Waals surface area contributed by atoms with E-state index in [1.807, 2.05) is 19.1 Å². The molecule has 0 unspecified atom stereocenters. The Morgan fingerprint density at radius 1 is 1.05 bits per heavy atom. The van der Waals surface area contributed by atoms with Crippen LogP contribution in [0.25, 0.3) is 5.69 Å². The second-order valence-corrected chi connectivity index (χ2v) is 10.0. The Labute approximate surface area is 218 Å². The van der Waals surface area contributed by atoms with Crippen LogP contribution < -0.4 is 15.3 Å². The van der Waals surface area contributed by atoms with Crippen molar-refractivity contribution in [2.45, 2.75) is 26.3 Å². The number of anilines is 1. The van der Waals surface area contributed by atoms with Crippen molar-refractivity contribution in [3.63, 3.8) is 0 Å². The molecule has 2 aromatic heterocycles. The van der Waals surface area contributed by atoms with Crippen LogP contribution >= 0.6 is 0 Å². The topological polar surface area (TPSA) is 74.4 Å². The van der Waals surface area contributed by atoms with Gasteiger partial charge < -0.3 is 14.4 Å². The van der Waals surface area contributed by atoms with Crippen molar-refractivity contribution in [2.75, 3.05) is 31.2 Å². The second kappa shape index (κ2) is 9.68. The lowest BCUT2D eigenvalue weighted by Crippen LogP contribution is -2.58. The molecule has 0 aliphatic carbocycles. The summed E-state index contributed by atoms with van der Waals surface area (Å²) in [5, 5.41) is 4.14. The predicted octanol–water partition coefficient (Wildman–Crippen LogP) is 4.47. The van der Waals surface area contributed by atoms with E-state index in [0.29, 0.717) is 22.6 Å². The van der Waals surface area contributed by atoms with E-state index in [1.54, 1.807) is 24.4 Å². The molecule has 196 valence electrons. The van der Waals surface area contributed by atoms with Crippen LogP contribution in [0.1, 0.15) is 24.0 Å². The van der Waals surface area contributed by atoms with Crippen LogP contribution in [0.2, 0.25) is 0 Å². The number of pyridine rings is 1. The summed E-state index contributed by atoms with van der Waals surface area (Å²) in [7, 11) is 0. The second-order valence-electron chi connectivity index (χ2n) is 10.0. The molecule has 1 spiro atoms. The zero-order valence-electron chi connectivity index (χ0n) is 20.9. The molecular formula is C28H27F2N5O3. The Kier molecular flexibility index (Phi) is 6.19. The summed E-state index contributed by atoms with van der Waals surface area (Å²) < 4.78 is 42.1. The van der Waals surface area contributed by atoms with Crippen LogP contribution in [0.5, 0.6) is 11.5 Å². The van der Waals surface area contributed by atoms with Crippen molar-refractivity contribution < 1.29 is 18.3 Å². The monoisotopic (exact) mass is 519 g/mol. The van der Waals surface area contributed by atoms with Crippen molar-refractivity contribution in [2.24, 2.45) is 5.41 Å². The van der Waals surface area contributed by atoms with Crippen LogP contribution in [0.3, 0.4) is 0 Å². The van der Waals surface area contributed by atoms with Gasteiger partial charge in [-0.1, -0.05) is 6.07 Å². The fourth-order valence-corrected chi connectivity index (χ4v) is 5.16. The van der Waals surface area contributed by atoms with Gasteiger partial charge in [0.25, 0.3) is 0 Å². The van der Waals surface area contributed by atoms with Crippen LogP contribution in [0.4, 0.5) is 14.6 Å². The van der Waals surface area contributed by atoms with Gasteiger partial charge >= 0.3 is 5.69 Å². The van der Waals surface area contributed by atoms with E-state index < -0.39 is 17.3 Å². The maximum Gasteiger partial charge on any atom is 0.350 e. The van der Waals surface area contributed by atoms with Crippen molar-refractivity contribution in [3.8, 4) is 17.2 Å². The third-order valence-corrected chi connectivity index (χ3v) is 7.40. The highest BCUT2D eigenvalue weighted by atomic mass is 19.1. The highest BCUT2D eigenvalue weighted by Crippen LogP contribution is 2.42. The lowest BCUT2D eigenvalue weighted by atomic mass is 9.73. The van der Waals surface area contributed by atoms with Crippen LogP contribution in [0.15, 0.2) is 65.8 Å². The molecule has 4 heterocycles. The summed E-state index contributed by atoms with van der Waals surface area (Å²) in [5.74, 6) is 0.776. The molecule has 2 aliphatic rings. The van der Waals surface area contributed by atoms with Gasteiger partial charge in [0.1, 0.15) is 35.3 Å². The molecule has 0 atom stereocenters. The average molecular weight is 520 g/mol. The Morgan fingerprint density at radius 3 is 2.55 bits per heavy atom. The molecule has 0 amide bonds. The lowest BCUT2D eigenvalue weighted by molar-refractivity contribution is -0.000465. The number of hydrogen-bond donors (Lipinski definition) is 0. The number of benzene rings is 2.